The Hall–Kier alpha value is -0.980. The second-order valence-corrected chi connectivity index (χ2v) is 3.02. The van der Waals surface area contributed by atoms with Crippen molar-refractivity contribution in [3.05, 3.63) is 34.9 Å². The van der Waals surface area contributed by atoms with Crippen molar-refractivity contribution < 1.29 is 0 Å². The number of aliphatic imine (C=N–C) groups is 1. The van der Waals surface area contributed by atoms with Crippen LogP contribution in [0.15, 0.2) is 23.2 Å². The summed E-state index contributed by atoms with van der Waals surface area (Å²) in [4.78, 5) is 3.91. The number of thiocarbonyl (C=S) groups is 1. The minimum absolute atomic E-state index is 0.650. The quantitative estimate of drug-likeness (QED) is 0.500. The van der Waals surface area contributed by atoms with Crippen LogP contribution in [0.4, 0.5) is 0 Å². The number of benzene rings is 1. The molecule has 0 heterocycles. The zero-order chi connectivity index (χ0) is 8.97. The van der Waals surface area contributed by atoms with Gasteiger partial charge < -0.3 is 0 Å². The van der Waals surface area contributed by atoms with Crippen molar-refractivity contribution in [1.29, 1.82) is 0 Å². The highest BCUT2D eigenvalue weighted by Gasteiger charge is 1.95. The van der Waals surface area contributed by atoms with Gasteiger partial charge in [-0.2, -0.15) is 0 Å². The third-order valence-electron chi connectivity index (χ3n) is 1.82. The van der Waals surface area contributed by atoms with Crippen LogP contribution in [0, 0.1) is 13.8 Å². The lowest BCUT2D eigenvalue weighted by atomic mass is 10.1. The molecule has 0 spiro atoms. The van der Waals surface area contributed by atoms with E-state index in [1.54, 1.807) is 0 Å². The highest BCUT2D eigenvalue weighted by molar-refractivity contribution is 7.78. The van der Waals surface area contributed by atoms with E-state index in [9.17, 15) is 0 Å². The molecular weight excluding hydrogens is 166 g/mol. The van der Waals surface area contributed by atoms with Gasteiger partial charge >= 0.3 is 0 Å². The fourth-order valence-corrected chi connectivity index (χ4v) is 1.15. The van der Waals surface area contributed by atoms with Gasteiger partial charge in [-0.1, -0.05) is 23.8 Å². The second kappa shape index (κ2) is 4.15. The van der Waals surface area contributed by atoms with Gasteiger partial charge in [-0.15, -0.1) is 0 Å². The van der Waals surface area contributed by atoms with E-state index in [-0.39, 0.29) is 0 Å². The summed E-state index contributed by atoms with van der Waals surface area (Å²) < 4.78 is 0. The average molecular weight is 177 g/mol. The summed E-state index contributed by atoms with van der Waals surface area (Å²) in [5.41, 5.74) is 3.75. The van der Waals surface area contributed by atoms with E-state index >= 15 is 0 Å². The molecular formula is C10H11NS. The molecule has 0 bridgehead atoms. The Morgan fingerprint density at radius 3 is 2.83 bits per heavy atom. The minimum atomic E-state index is 0.650. The molecule has 0 unspecified atom stereocenters. The van der Waals surface area contributed by atoms with Crippen molar-refractivity contribution in [1.82, 2.24) is 0 Å². The molecule has 0 aromatic heterocycles. The van der Waals surface area contributed by atoms with Crippen molar-refractivity contribution in [2.24, 2.45) is 4.99 Å². The minimum Gasteiger partial charge on any atom is -0.228 e. The summed E-state index contributed by atoms with van der Waals surface area (Å²) in [5, 5.41) is 2.37. The lowest BCUT2D eigenvalue weighted by molar-refractivity contribution is 1.05. The van der Waals surface area contributed by atoms with E-state index in [4.69, 9.17) is 0 Å². The van der Waals surface area contributed by atoms with Crippen LogP contribution in [0.1, 0.15) is 16.7 Å². The summed E-state index contributed by atoms with van der Waals surface area (Å²) in [5.74, 6) is 0. The Kier molecular flexibility index (Phi) is 3.15. The number of nitrogens with zero attached hydrogens (tertiary/aromatic N) is 1. The molecule has 1 aromatic rings. The normalized spacial score (nSPS) is 9.17. The van der Waals surface area contributed by atoms with Gasteiger partial charge in [-0.25, -0.2) is 4.99 Å². The Balaban J connectivity index is 2.96. The molecule has 0 aliphatic carbocycles. The fourth-order valence-electron chi connectivity index (χ4n) is 1.09. The molecule has 0 saturated carbocycles. The zero-order valence-corrected chi connectivity index (χ0v) is 8.11. The molecule has 0 saturated heterocycles. The van der Waals surface area contributed by atoms with Crippen molar-refractivity contribution >= 4 is 17.4 Å². The van der Waals surface area contributed by atoms with E-state index in [1.165, 1.54) is 16.7 Å². The average Bonchev–Trinajstić information content (AvgIpc) is 2.07. The Labute approximate surface area is 78.1 Å². The summed E-state index contributed by atoms with van der Waals surface area (Å²) in [7, 11) is 0. The van der Waals surface area contributed by atoms with Crippen molar-refractivity contribution in [2.75, 3.05) is 0 Å². The third kappa shape index (κ3) is 2.26. The first kappa shape index (κ1) is 9.11. The van der Waals surface area contributed by atoms with E-state index in [2.05, 4.69) is 54.4 Å². The topological polar surface area (TPSA) is 12.4 Å². The molecule has 0 fully saturated rings. The van der Waals surface area contributed by atoms with Crippen LogP contribution in [0.3, 0.4) is 0 Å². The van der Waals surface area contributed by atoms with Gasteiger partial charge in [-0.3, -0.25) is 0 Å². The largest absolute Gasteiger partial charge is 0.228 e. The molecule has 12 heavy (non-hydrogen) atoms. The lowest BCUT2D eigenvalue weighted by Crippen LogP contribution is -1.87. The van der Waals surface area contributed by atoms with Crippen LogP contribution in [0.5, 0.6) is 0 Å². The summed E-state index contributed by atoms with van der Waals surface area (Å²) in [6.07, 6.45) is 0. The molecule has 1 rings (SSSR count). The summed E-state index contributed by atoms with van der Waals surface area (Å²) in [6, 6.07) is 6.33. The van der Waals surface area contributed by atoms with Crippen LogP contribution in [0.25, 0.3) is 0 Å². The third-order valence-corrected chi connectivity index (χ3v) is 1.95. The summed E-state index contributed by atoms with van der Waals surface area (Å²) >= 11 is 4.51. The first-order chi connectivity index (χ1) is 5.74. The first-order valence-corrected chi connectivity index (χ1v) is 4.24. The lowest BCUT2D eigenvalue weighted by Gasteiger charge is -2.02. The maximum Gasteiger partial charge on any atom is 0.0745 e. The Morgan fingerprint density at radius 2 is 2.17 bits per heavy atom. The number of isothiocyanates is 1. The molecule has 0 aliphatic rings. The van der Waals surface area contributed by atoms with Crippen LogP contribution < -0.4 is 0 Å². The number of aryl methyl sites for hydroxylation is 2. The Morgan fingerprint density at radius 1 is 1.42 bits per heavy atom. The van der Waals surface area contributed by atoms with Gasteiger partial charge in [0.05, 0.1) is 11.7 Å². The first-order valence-electron chi connectivity index (χ1n) is 3.84. The van der Waals surface area contributed by atoms with Gasteiger partial charge in [0.15, 0.2) is 0 Å². The number of hydrogen-bond donors (Lipinski definition) is 0. The highest BCUT2D eigenvalue weighted by Crippen LogP contribution is 2.11. The smallest absolute Gasteiger partial charge is 0.0745 e. The molecule has 0 radical (unpaired) electrons. The van der Waals surface area contributed by atoms with E-state index in [0.29, 0.717) is 6.54 Å². The predicted octanol–water partition coefficient (Wildman–Crippen LogP) is 2.91. The SMILES string of the molecule is Cc1ccc(C)c(CN=C=S)c1. The molecule has 0 amide bonds. The maximum atomic E-state index is 4.51. The number of rotatable bonds is 2. The van der Waals surface area contributed by atoms with Gasteiger partial charge in [0.1, 0.15) is 0 Å². The van der Waals surface area contributed by atoms with Gasteiger partial charge in [0.2, 0.25) is 0 Å². The van der Waals surface area contributed by atoms with Crippen molar-refractivity contribution in [3.8, 4) is 0 Å². The van der Waals surface area contributed by atoms with Crippen molar-refractivity contribution in [3.63, 3.8) is 0 Å². The van der Waals surface area contributed by atoms with Gasteiger partial charge in [-0.05, 0) is 37.2 Å². The predicted molar refractivity (Wildman–Crippen MR) is 54.6 cm³/mol. The second-order valence-electron chi connectivity index (χ2n) is 2.84. The molecule has 0 aliphatic heterocycles. The molecule has 2 heteroatoms. The zero-order valence-electron chi connectivity index (χ0n) is 7.29. The van der Waals surface area contributed by atoms with Crippen LogP contribution >= 0.6 is 12.2 Å². The fraction of sp³-hybridized carbons (Fsp3) is 0.300. The highest BCUT2D eigenvalue weighted by atomic mass is 32.1. The van der Waals surface area contributed by atoms with Gasteiger partial charge in [0.25, 0.3) is 0 Å². The standard InChI is InChI=1S/C10H11NS/c1-8-3-4-9(2)10(5-8)6-11-7-12/h3-5H,6H2,1-2H3. The maximum absolute atomic E-state index is 4.51. The van der Waals surface area contributed by atoms with Crippen LogP contribution in [-0.2, 0) is 6.54 Å². The number of hydrogen-bond acceptors (Lipinski definition) is 2. The Bertz CT molecular complexity index is 325. The van der Waals surface area contributed by atoms with E-state index in [0.717, 1.165) is 0 Å². The molecule has 1 aromatic carbocycles. The molecule has 0 atom stereocenters. The monoisotopic (exact) mass is 177 g/mol. The summed E-state index contributed by atoms with van der Waals surface area (Å²) in [6.45, 7) is 4.80. The van der Waals surface area contributed by atoms with Crippen molar-refractivity contribution in [2.45, 2.75) is 20.4 Å². The molecule has 0 N–H and O–H groups in total. The van der Waals surface area contributed by atoms with E-state index in [1.807, 2.05) is 0 Å². The van der Waals surface area contributed by atoms with Gasteiger partial charge in [0, 0.05) is 0 Å². The van der Waals surface area contributed by atoms with Crippen LogP contribution in [0.2, 0.25) is 0 Å². The molecule has 62 valence electrons. The van der Waals surface area contributed by atoms with E-state index < -0.39 is 0 Å². The molecule has 1 nitrogen and oxygen atoms in total. The van der Waals surface area contributed by atoms with Crippen LogP contribution in [-0.4, -0.2) is 5.16 Å².